The Kier molecular flexibility index (Phi) is 5.99. The van der Waals surface area contributed by atoms with Gasteiger partial charge in [0.05, 0.1) is 26.1 Å². The number of quaternary nitrogens is 1. The molecule has 4 heteroatoms. The Morgan fingerprint density at radius 1 is 0.968 bits per heavy atom. The predicted molar refractivity (Wildman–Crippen MR) is 121 cm³/mol. The Morgan fingerprint density at radius 2 is 1.74 bits per heavy atom. The van der Waals surface area contributed by atoms with Gasteiger partial charge >= 0.3 is 5.97 Å². The molecular formula is C27H44NO3+. The van der Waals surface area contributed by atoms with Crippen molar-refractivity contribution >= 4 is 11.8 Å². The van der Waals surface area contributed by atoms with Gasteiger partial charge in [0.15, 0.2) is 0 Å². The number of fused-ring (bicyclic) bond motifs is 5. The van der Waals surface area contributed by atoms with Gasteiger partial charge in [-0.1, -0.05) is 13.8 Å². The molecule has 5 rings (SSSR count). The molecule has 7 atom stereocenters. The van der Waals surface area contributed by atoms with Gasteiger partial charge in [-0.05, 0) is 93.3 Å². The second kappa shape index (κ2) is 8.47. The topological polar surface area (TPSA) is 47.8 Å². The van der Waals surface area contributed by atoms with Crippen molar-refractivity contribution in [3.8, 4) is 0 Å². The molecule has 1 heterocycles. The zero-order valence-electron chi connectivity index (χ0n) is 19.9. The number of carbonyl (C=O) groups excluding carboxylic acids is 2. The summed E-state index contributed by atoms with van der Waals surface area (Å²) < 4.78 is 6.20. The molecule has 1 saturated heterocycles. The molecule has 0 bridgehead atoms. The maximum absolute atomic E-state index is 12.7. The fourth-order valence-electron chi connectivity index (χ4n) is 8.99. The van der Waals surface area contributed by atoms with E-state index in [-0.39, 0.29) is 17.5 Å². The van der Waals surface area contributed by atoms with E-state index in [9.17, 15) is 9.59 Å². The quantitative estimate of drug-likeness (QED) is 0.687. The highest BCUT2D eigenvalue weighted by atomic mass is 16.5. The van der Waals surface area contributed by atoms with Crippen molar-refractivity contribution in [1.29, 1.82) is 0 Å². The van der Waals surface area contributed by atoms with Crippen LogP contribution in [0.25, 0.3) is 0 Å². The van der Waals surface area contributed by atoms with Crippen LogP contribution in [0.1, 0.15) is 97.3 Å². The second-order valence-electron chi connectivity index (χ2n) is 12.3. The van der Waals surface area contributed by atoms with E-state index in [1.807, 2.05) is 0 Å². The fraction of sp³-hybridized carbons (Fsp3) is 0.926. The van der Waals surface area contributed by atoms with E-state index in [0.717, 1.165) is 44.1 Å². The lowest BCUT2D eigenvalue weighted by molar-refractivity contribution is -0.904. The summed E-state index contributed by atoms with van der Waals surface area (Å²) in [6, 6.07) is 0. The minimum atomic E-state index is 0.0496. The first-order valence-corrected chi connectivity index (χ1v) is 13.4. The SMILES string of the molecule is C[C@]12CCC3C(CC[C@H]4CC(=O)CC[C@]34C)C1CCC2OC(=O)CC[NH+]1CCCCC1. The van der Waals surface area contributed by atoms with Crippen LogP contribution in [0.15, 0.2) is 0 Å². The van der Waals surface area contributed by atoms with Crippen molar-refractivity contribution in [1.82, 2.24) is 0 Å². The highest BCUT2D eigenvalue weighted by Crippen LogP contribution is 2.66. The van der Waals surface area contributed by atoms with Crippen LogP contribution in [0.4, 0.5) is 0 Å². The highest BCUT2D eigenvalue weighted by molar-refractivity contribution is 5.79. The third kappa shape index (κ3) is 3.89. The number of Topliss-reactive ketones (excluding diaryl/α,β-unsaturated/α-hetero) is 1. The zero-order valence-corrected chi connectivity index (χ0v) is 19.9. The summed E-state index contributed by atoms with van der Waals surface area (Å²) in [5.74, 6) is 3.41. The molecule has 4 unspecified atom stereocenters. The summed E-state index contributed by atoms with van der Waals surface area (Å²) >= 11 is 0. The summed E-state index contributed by atoms with van der Waals surface area (Å²) in [5.41, 5.74) is 0.534. The summed E-state index contributed by atoms with van der Waals surface area (Å²) in [6.07, 6.45) is 14.7. The van der Waals surface area contributed by atoms with Gasteiger partial charge < -0.3 is 9.64 Å². The maximum atomic E-state index is 12.7. The molecule has 5 fully saturated rings. The monoisotopic (exact) mass is 430 g/mol. The van der Waals surface area contributed by atoms with Crippen LogP contribution in [-0.2, 0) is 14.3 Å². The minimum Gasteiger partial charge on any atom is -0.462 e. The lowest BCUT2D eigenvalue weighted by atomic mass is 9.45. The summed E-state index contributed by atoms with van der Waals surface area (Å²) in [4.78, 5) is 26.4. The van der Waals surface area contributed by atoms with Crippen molar-refractivity contribution in [2.75, 3.05) is 19.6 Å². The molecular weight excluding hydrogens is 386 g/mol. The summed E-state index contributed by atoms with van der Waals surface area (Å²) in [6.45, 7) is 8.36. The Morgan fingerprint density at radius 3 is 2.55 bits per heavy atom. The van der Waals surface area contributed by atoms with E-state index >= 15 is 0 Å². The molecule has 0 radical (unpaired) electrons. The van der Waals surface area contributed by atoms with Crippen molar-refractivity contribution < 1.29 is 19.2 Å². The number of hydrogen-bond donors (Lipinski definition) is 1. The number of carbonyl (C=O) groups is 2. The first-order chi connectivity index (χ1) is 14.9. The van der Waals surface area contributed by atoms with Crippen LogP contribution in [-0.4, -0.2) is 37.5 Å². The number of ether oxygens (including phenoxy) is 1. The second-order valence-corrected chi connectivity index (χ2v) is 12.3. The average molecular weight is 431 g/mol. The van der Waals surface area contributed by atoms with Gasteiger partial charge in [-0.15, -0.1) is 0 Å². The Bertz CT molecular complexity index is 701. The first kappa shape index (κ1) is 21.9. The van der Waals surface area contributed by atoms with E-state index in [0.29, 0.717) is 29.5 Å². The molecule has 5 aliphatic rings. The van der Waals surface area contributed by atoms with Gasteiger partial charge in [0.1, 0.15) is 11.9 Å². The van der Waals surface area contributed by atoms with E-state index < -0.39 is 0 Å². The smallest absolute Gasteiger partial charge is 0.311 e. The standard InChI is InChI=1S/C27H43NO3/c1-26-13-10-20(29)18-19(26)6-7-21-22-8-9-24(27(22,2)14-11-23(21)26)31-25(30)12-17-28-15-4-3-5-16-28/h19,21-24H,3-18H2,1-2H3/p+1/t19-,21?,22?,23?,24?,26-,27-/m0/s1. The number of ketones is 1. The van der Waals surface area contributed by atoms with Crippen LogP contribution in [0.3, 0.4) is 0 Å². The minimum absolute atomic E-state index is 0.0496. The number of hydrogen-bond acceptors (Lipinski definition) is 3. The van der Waals surface area contributed by atoms with E-state index in [2.05, 4.69) is 13.8 Å². The third-order valence-corrected chi connectivity index (χ3v) is 10.9. The van der Waals surface area contributed by atoms with Crippen molar-refractivity contribution in [2.45, 2.75) is 103 Å². The van der Waals surface area contributed by atoms with Crippen LogP contribution < -0.4 is 4.90 Å². The van der Waals surface area contributed by atoms with E-state index in [1.165, 1.54) is 64.5 Å². The van der Waals surface area contributed by atoms with Crippen LogP contribution in [0, 0.1) is 34.5 Å². The normalized spacial score (nSPS) is 45.5. The van der Waals surface area contributed by atoms with Crippen molar-refractivity contribution in [3.63, 3.8) is 0 Å². The highest BCUT2D eigenvalue weighted by Gasteiger charge is 2.61. The number of likely N-dealkylation sites (tertiary alicyclic amines) is 1. The predicted octanol–water partition coefficient (Wildman–Crippen LogP) is 3.97. The largest absolute Gasteiger partial charge is 0.462 e. The fourth-order valence-corrected chi connectivity index (χ4v) is 8.99. The average Bonchev–Trinajstić information content (AvgIpc) is 3.10. The summed E-state index contributed by atoms with van der Waals surface area (Å²) in [7, 11) is 0. The van der Waals surface area contributed by atoms with E-state index in [4.69, 9.17) is 4.74 Å². The van der Waals surface area contributed by atoms with Crippen LogP contribution in [0.5, 0.6) is 0 Å². The van der Waals surface area contributed by atoms with Gasteiger partial charge in [0, 0.05) is 18.3 Å². The lowest BCUT2D eigenvalue weighted by Crippen LogP contribution is -3.12. The zero-order chi connectivity index (χ0) is 21.6. The Hall–Kier alpha value is -0.900. The molecule has 31 heavy (non-hydrogen) atoms. The molecule has 4 nitrogen and oxygen atoms in total. The molecule has 0 spiro atoms. The van der Waals surface area contributed by atoms with Gasteiger partial charge in [0.2, 0.25) is 0 Å². The van der Waals surface area contributed by atoms with Gasteiger partial charge in [0.25, 0.3) is 0 Å². The molecule has 174 valence electrons. The molecule has 0 aromatic rings. The molecule has 4 aliphatic carbocycles. The molecule has 4 saturated carbocycles. The summed E-state index contributed by atoms with van der Waals surface area (Å²) in [5, 5.41) is 0. The van der Waals surface area contributed by atoms with Crippen LogP contribution in [0.2, 0.25) is 0 Å². The number of piperidine rings is 1. The van der Waals surface area contributed by atoms with Gasteiger partial charge in [-0.3, -0.25) is 9.59 Å². The number of nitrogens with one attached hydrogen (secondary N) is 1. The molecule has 0 amide bonds. The first-order valence-electron chi connectivity index (χ1n) is 13.4. The van der Waals surface area contributed by atoms with Crippen LogP contribution >= 0.6 is 0 Å². The maximum Gasteiger partial charge on any atom is 0.311 e. The van der Waals surface area contributed by atoms with Gasteiger partial charge in [-0.2, -0.15) is 0 Å². The van der Waals surface area contributed by atoms with E-state index in [1.54, 1.807) is 4.90 Å². The Labute approximate surface area is 188 Å². The number of esters is 1. The molecule has 1 N–H and O–H groups in total. The van der Waals surface area contributed by atoms with Crippen molar-refractivity contribution in [2.24, 2.45) is 34.5 Å². The van der Waals surface area contributed by atoms with Crippen molar-refractivity contribution in [3.05, 3.63) is 0 Å². The third-order valence-electron chi connectivity index (χ3n) is 10.9. The Balaban J connectivity index is 1.22. The van der Waals surface area contributed by atoms with Gasteiger partial charge in [-0.25, -0.2) is 0 Å². The number of rotatable bonds is 4. The lowest BCUT2D eigenvalue weighted by Gasteiger charge is -2.60. The molecule has 0 aromatic carbocycles. The molecule has 0 aromatic heterocycles. The molecule has 1 aliphatic heterocycles.